The zero-order chi connectivity index (χ0) is 14.7. The summed E-state index contributed by atoms with van der Waals surface area (Å²) < 4.78 is 11.1. The summed E-state index contributed by atoms with van der Waals surface area (Å²) in [5.74, 6) is -1.02. The number of likely N-dealkylation sites (tertiary alicyclic amines) is 1. The Labute approximate surface area is 120 Å². The molecule has 1 amide bonds. The Morgan fingerprint density at radius 2 is 2.20 bits per heavy atom. The lowest BCUT2D eigenvalue weighted by molar-refractivity contribution is -0.160. The maximum atomic E-state index is 12.5. The predicted octanol–water partition coefficient (Wildman–Crippen LogP) is 0.208. The molecule has 0 aromatic carbocycles. The first kappa shape index (κ1) is 13.9. The number of aliphatic hydroxyl groups is 1. The molecular formula is C14H19NO4S. The number of β-lactam (4-membered cyclic amide) rings is 1. The van der Waals surface area contributed by atoms with Crippen molar-refractivity contribution in [3.05, 3.63) is 12.2 Å². The molecule has 2 saturated heterocycles. The van der Waals surface area contributed by atoms with Crippen molar-refractivity contribution in [1.82, 2.24) is 4.90 Å². The van der Waals surface area contributed by atoms with E-state index in [0.29, 0.717) is 0 Å². The Kier molecular flexibility index (Phi) is 3.14. The normalized spacial score (nSPS) is 45.2. The van der Waals surface area contributed by atoms with E-state index in [1.165, 1.54) is 4.90 Å². The van der Waals surface area contributed by atoms with Crippen molar-refractivity contribution < 1.29 is 18.9 Å². The number of carbonyl (C=O) groups excluding carboxylic acids is 2. The molecular weight excluding hydrogens is 278 g/mol. The highest BCUT2D eigenvalue weighted by atomic mass is 32.2. The van der Waals surface area contributed by atoms with E-state index in [1.54, 1.807) is 14.0 Å². The minimum absolute atomic E-state index is 0.189. The zero-order valence-corrected chi connectivity index (χ0v) is 12.4. The van der Waals surface area contributed by atoms with Gasteiger partial charge in [-0.25, -0.2) is 0 Å². The van der Waals surface area contributed by atoms with Crippen molar-refractivity contribution in [3.8, 4) is 0 Å². The van der Waals surface area contributed by atoms with Gasteiger partial charge in [-0.3, -0.25) is 13.8 Å². The van der Waals surface area contributed by atoms with Gasteiger partial charge in [-0.2, -0.15) is 0 Å². The van der Waals surface area contributed by atoms with Crippen LogP contribution in [0, 0.1) is 11.8 Å². The largest absolute Gasteiger partial charge is 0.390 e. The molecule has 1 N–H and O–H groups in total. The summed E-state index contributed by atoms with van der Waals surface area (Å²) in [5, 5.41) is 10.3. The Balaban J connectivity index is 2.02. The number of fused-ring (bicyclic) bond motifs is 1. The highest BCUT2D eigenvalue weighted by Crippen LogP contribution is 2.51. The molecule has 110 valence electrons. The molecule has 2 fully saturated rings. The van der Waals surface area contributed by atoms with Crippen molar-refractivity contribution in [2.75, 3.05) is 7.05 Å². The number of carbonyl (C=O) groups is 2. The molecule has 0 aromatic rings. The smallest absolute Gasteiger partial charge is 0.246 e. The van der Waals surface area contributed by atoms with Crippen molar-refractivity contribution >= 4 is 21.8 Å². The van der Waals surface area contributed by atoms with Crippen molar-refractivity contribution in [2.45, 2.75) is 43.1 Å². The summed E-state index contributed by atoms with van der Waals surface area (Å²) in [6.07, 6.45) is 5.52. The Morgan fingerprint density at radius 3 is 2.80 bits per heavy atom. The molecule has 0 radical (unpaired) electrons. The second-order valence-corrected chi connectivity index (χ2v) is 7.61. The molecule has 6 heteroatoms. The van der Waals surface area contributed by atoms with Crippen LogP contribution >= 0.6 is 0 Å². The summed E-state index contributed by atoms with van der Waals surface area (Å²) in [7, 11) is -0.329. The molecule has 0 bridgehead atoms. The van der Waals surface area contributed by atoms with E-state index in [2.05, 4.69) is 0 Å². The third-order valence-corrected chi connectivity index (χ3v) is 6.99. The second-order valence-electron chi connectivity index (χ2n) is 6.00. The topological polar surface area (TPSA) is 74.7 Å². The Bertz CT molecular complexity index is 531. The van der Waals surface area contributed by atoms with Gasteiger partial charge >= 0.3 is 0 Å². The number of allylic oxidation sites excluding steroid dienone is 1. The number of rotatable bonds is 2. The standard InChI is InChI=1S/C14H19NO4S/c1-8-10-14(13(18)15(10)2,20(19)12(8)17)11(16)9-6-4-3-5-7-9/h4,6,8-11,16H,3,5,7H2,1-2H3/t8?,9-,10+,11+,14+,20?/m1/s1. The van der Waals surface area contributed by atoms with E-state index >= 15 is 0 Å². The molecule has 2 unspecified atom stereocenters. The van der Waals surface area contributed by atoms with Crippen molar-refractivity contribution in [2.24, 2.45) is 11.8 Å². The summed E-state index contributed by atoms with van der Waals surface area (Å²) in [6, 6.07) is -0.436. The first-order valence-electron chi connectivity index (χ1n) is 7.01. The number of amides is 1. The van der Waals surface area contributed by atoms with Crippen LogP contribution < -0.4 is 0 Å². The average Bonchev–Trinajstić information content (AvgIpc) is 2.66. The summed E-state index contributed by atoms with van der Waals surface area (Å²) in [4.78, 5) is 25.9. The molecule has 3 aliphatic rings. The van der Waals surface area contributed by atoms with Gasteiger partial charge < -0.3 is 10.0 Å². The van der Waals surface area contributed by atoms with E-state index in [0.717, 1.165) is 19.3 Å². The lowest BCUT2D eigenvalue weighted by Crippen LogP contribution is -2.77. The molecule has 0 spiro atoms. The van der Waals surface area contributed by atoms with Gasteiger partial charge in [0.05, 0.1) is 18.1 Å². The number of aliphatic hydroxyl groups excluding tert-OH is 1. The van der Waals surface area contributed by atoms with E-state index in [9.17, 15) is 18.9 Å². The first-order chi connectivity index (χ1) is 9.44. The Morgan fingerprint density at radius 1 is 1.50 bits per heavy atom. The molecule has 0 aromatic heterocycles. The quantitative estimate of drug-likeness (QED) is 0.584. The zero-order valence-electron chi connectivity index (χ0n) is 11.6. The van der Waals surface area contributed by atoms with Crippen LogP contribution in [0.4, 0.5) is 0 Å². The molecule has 3 rings (SSSR count). The van der Waals surface area contributed by atoms with Gasteiger partial charge in [-0.1, -0.05) is 19.1 Å². The van der Waals surface area contributed by atoms with Gasteiger partial charge in [-0.05, 0) is 19.3 Å². The van der Waals surface area contributed by atoms with Gasteiger partial charge in [0.1, 0.15) is 10.8 Å². The fourth-order valence-electron chi connectivity index (χ4n) is 3.94. The highest BCUT2D eigenvalue weighted by molar-refractivity contribution is 8.03. The summed E-state index contributed by atoms with van der Waals surface area (Å²) in [6.45, 7) is 1.69. The molecule has 0 saturated carbocycles. The molecule has 2 aliphatic heterocycles. The van der Waals surface area contributed by atoms with Crippen LogP contribution in [0.25, 0.3) is 0 Å². The summed E-state index contributed by atoms with van der Waals surface area (Å²) >= 11 is 0. The number of nitrogens with zero attached hydrogens (tertiary/aromatic N) is 1. The monoisotopic (exact) mass is 297 g/mol. The van der Waals surface area contributed by atoms with Crippen molar-refractivity contribution in [1.29, 1.82) is 0 Å². The molecule has 1 aliphatic carbocycles. The van der Waals surface area contributed by atoms with Crippen LogP contribution in [0.3, 0.4) is 0 Å². The Hall–Kier alpha value is -1.01. The number of hydrogen-bond acceptors (Lipinski definition) is 4. The molecule has 20 heavy (non-hydrogen) atoms. The van der Waals surface area contributed by atoms with Crippen LogP contribution in [0.1, 0.15) is 26.2 Å². The van der Waals surface area contributed by atoms with Crippen LogP contribution in [0.2, 0.25) is 0 Å². The van der Waals surface area contributed by atoms with E-state index in [1.807, 2.05) is 12.2 Å². The highest BCUT2D eigenvalue weighted by Gasteiger charge is 2.76. The maximum absolute atomic E-state index is 12.5. The summed E-state index contributed by atoms with van der Waals surface area (Å²) in [5.41, 5.74) is 0. The molecule has 2 heterocycles. The third-order valence-electron chi connectivity index (χ3n) is 4.98. The van der Waals surface area contributed by atoms with Gasteiger partial charge in [0.2, 0.25) is 11.0 Å². The first-order valence-corrected chi connectivity index (χ1v) is 8.16. The fourth-order valence-corrected chi connectivity index (χ4v) is 6.02. The third kappa shape index (κ3) is 1.44. The minimum atomic E-state index is -1.94. The van der Waals surface area contributed by atoms with Gasteiger partial charge in [-0.15, -0.1) is 0 Å². The second kappa shape index (κ2) is 4.49. The van der Waals surface area contributed by atoms with Crippen LogP contribution in [-0.2, 0) is 20.4 Å². The van der Waals surface area contributed by atoms with E-state index < -0.39 is 38.7 Å². The van der Waals surface area contributed by atoms with E-state index in [-0.39, 0.29) is 11.8 Å². The minimum Gasteiger partial charge on any atom is -0.390 e. The van der Waals surface area contributed by atoms with Gasteiger partial charge in [0.25, 0.3) is 0 Å². The van der Waals surface area contributed by atoms with Crippen LogP contribution in [-0.4, -0.2) is 49.2 Å². The number of hydrogen-bond donors (Lipinski definition) is 1. The molecule has 6 atom stereocenters. The maximum Gasteiger partial charge on any atom is 0.246 e. The lowest BCUT2D eigenvalue weighted by atomic mass is 9.71. The van der Waals surface area contributed by atoms with Gasteiger partial charge in [0.15, 0.2) is 4.75 Å². The van der Waals surface area contributed by atoms with Gasteiger partial charge in [0, 0.05) is 13.0 Å². The lowest BCUT2D eigenvalue weighted by Gasteiger charge is -2.53. The predicted molar refractivity (Wildman–Crippen MR) is 74.1 cm³/mol. The SMILES string of the molecule is CC1C(=O)S(=O)[C@@]2([C@@H](O)[C@@H]3C=CCCC3)C(=O)N(C)[C@@H]12. The van der Waals surface area contributed by atoms with E-state index in [4.69, 9.17) is 0 Å². The average molecular weight is 297 g/mol. The van der Waals surface area contributed by atoms with Crippen LogP contribution in [0.5, 0.6) is 0 Å². The van der Waals surface area contributed by atoms with Crippen molar-refractivity contribution in [3.63, 3.8) is 0 Å². The fraction of sp³-hybridized carbons (Fsp3) is 0.714. The molecule has 5 nitrogen and oxygen atoms in total. The van der Waals surface area contributed by atoms with Crippen LogP contribution in [0.15, 0.2) is 12.2 Å².